The van der Waals surface area contributed by atoms with Crippen molar-refractivity contribution in [3.05, 3.63) is 23.3 Å². The molecule has 0 saturated heterocycles. The molecule has 3 nitrogen and oxygen atoms in total. The maximum absolute atomic E-state index is 10.9. The summed E-state index contributed by atoms with van der Waals surface area (Å²) in [5.74, 6) is 0.906. The zero-order chi connectivity index (χ0) is 18.8. The van der Waals surface area contributed by atoms with Gasteiger partial charge in [0.2, 0.25) is 0 Å². The number of rotatable bonds is 5. The van der Waals surface area contributed by atoms with E-state index >= 15 is 0 Å². The van der Waals surface area contributed by atoms with Crippen molar-refractivity contribution in [2.45, 2.75) is 79.8 Å². The summed E-state index contributed by atoms with van der Waals surface area (Å²) in [5, 5.41) is 10.5. The molecule has 2 aliphatic carbocycles. The van der Waals surface area contributed by atoms with Gasteiger partial charge < -0.3 is 9.84 Å². The second kappa shape index (κ2) is 7.65. The van der Waals surface area contributed by atoms with E-state index in [9.17, 15) is 9.90 Å². The summed E-state index contributed by atoms with van der Waals surface area (Å²) in [6.07, 6.45) is 9.33. The summed E-state index contributed by atoms with van der Waals surface area (Å²) in [6, 6.07) is 0. The van der Waals surface area contributed by atoms with Crippen LogP contribution in [0.3, 0.4) is 0 Å². The Hall–Kier alpha value is -1.09. The molecule has 0 radical (unpaired) electrons. The molecule has 2 rings (SSSR count). The minimum absolute atomic E-state index is 0.163. The highest BCUT2D eigenvalue weighted by Gasteiger charge is 2.53. The minimum Gasteiger partial charge on any atom is -0.462 e. The molecule has 1 saturated carbocycles. The van der Waals surface area contributed by atoms with Crippen molar-refractivity contribution in [2.24, 2.45) is 22.7 Å². The van der Waals surface area contributed by atoms with Crippen LogP contribution in [0.15, 0.2) is 23.3 Å². The molecule has 2 aliphatic rings. The van der Waals surface area contributed by atoms with Gasteiger partial charge in [-0.3, -0.25) is 4.79 Å². The Kier molecular flexibility index (Phi) is 6.19. The molecular formula is C22H36O3. The zero-order valence-corrected chi connectivity index (χ0v) is 16.9. The van der Waals surface area contributed by atoms with Crippen LogP contribution in [0.2, 0.25) is 0 Å². The van der Waals surface area contributed by atoms with E-state index in [-0.39, 0.29) is 22.9 Å². The highest BCUT2D eigenvalue weighted by molar-refractivity contribution is 5.66. The molecule has 0 bridgehead atoms. The molecule has 0 aromatic heterocycles. The molecular weight excluding hydrogens is 312 g/mol. The number of hydrogen-bond acceptors (Lipinski definition) is 3. The van der Waals surface area contributed by atoms with E-state index in [2.05, 4.69) is 40.7 Å². The van der Waals surface area contributed by atoms with Gasteiger partial charge in [-0.15, -0.1) is 0 Å². The summed E-state index contributed by atoms with van der Waals surface area (Å²) >= 11 is 0. The lowest BCUT2D eigenvalue weighted by Crippen LogP contribution is -2.52. The largest absolute Gasteiger partial charge is 0.462 e. The average molecular weight is 349 g/mol. The minimum atomic E-state index is -0.233. The Balaban J connectivity index is 2.11. The van der Waals surface area contributed by atoms with Crippen molar-refractivity contribution in [3.63, 3.8) is 0 Å². The van der Waals surface area contributed by atoms with Gasteiger partial charge in [-0.1, -0.05) is 38.0 Å². The van der Waals surface area contributed by atoms with Gasteiger partial charge in [0.15, 0.2) is 0 Å². The first-order valence-corrected chi connectivity index (χ1v) is 9.70. The van der Waals surface area contributed by atoms with Gasteiger partial charge in [-0.2, -0.15) is 0 Å². The van der Waals surface area contributed by atoms with E-state index in [1.54, 1.807) is 0 Å². The first kappa shape index (κ1) is 20.2. The molecule has 1 N–H and O–H groups in total. The Labute approximate surface area is 153 Å². The maximum Gasteiger partial charge on any atom is 0.302 e. The molecule has 0 aliphatic heterocycles. The van der Waals surface area contributed by atoms with Crippen LogP contribution >= 0.6 is 0 Å². The van der Waals surface area contributed by atoms with Crippen molar-refractivity contribution in [2.75, 3.05) is 6.61 Å². The number of ether oxygens (including phenoxy) is 1. The van der Waals surface area contributed by atoms with E-state index in [1.165, 1.54) is 18.1 Å². The lowest BCUT2D eigenvalue weighted by molar-refractivity contribution is -0.139. The number of carbonyl (C=O) groups excluding carboxylic acids is 1. The molecule has 3 heteroatoms. The molecule has 25 heavy (non-hydrogen) atoms. The van der Waals surface area contributed by atoms with Crippen molar-refractivity contribution in [1.29, 1.82) is 0 Å². The van der Waals surface area contributed by atoms with Crippen LogP contribution in [0.1, 0.15) is 73.6 Å². The summed E-state index contributed by atoms with van der Waals surface area (Å²) in [7, 11) is 0. The topological polar surface area (TPSA) is 46.5 Å². The first-order chi connectivity index (χ1) is 11.6. The second-order valence-corrected chi connectivity index (χ2v) is 9.24. The SMILES string of the molecule is CC(=O)OC/C=C(\C)CC[C@@H]1C(C)=CC[C@@H]2C(C)(C)C[C@H](O)C[C@@]12C. The van der Waals surface area contributed by atoms with E-state index in [1.807, 2.05) is 6.08 Å². The number of allylic oxidation sites excluding steroid dienone is 3. The standard InChI is InChI=1S/C22H36O3/c1-15(11-12-25-17(3)23)7-9-19-16(2)8-10-20-21(4,5)13-18(24)14-22(19,20)6/h8,11,18-20,24H,7,9-10,12-14H2,1-6H3/b15-11+/t18-,19+,20+,22-/m0/s1. The molecule has 0 aromatic rings. The van der Waals surface area contributed by atoms with E-state index in [0.29, 0.717) is 18.4 Å². The van der Waals surface area contributed by atoms with Crippen LogP contribution in [-0.2, 0) is 9.53 Å². The molecule has 1 fully saturated rings. The van der Waals surface area contributed by atoms with E-state index < -0.39 is 0 Å². The quantitative estimate of drug-likeness (QED) is 0.559. The number of aliphatic hydroxyl groups is 1. The third kappa shape index (κ3) is 4.55. The molecule has 0 unspecified atom stereocenters. The predicted octanol–water partition coefficient (Wildman–Crippen LogP) is 5.05. The lowest BCUT2D eigenvalue weighted by atomic mass is 9.47. The van der Waals surface area contributed by atoms with E-state index in [4.69, 9.17) is 4.74 Å². The predicted molar refractivity (Wildman–Crippen MR) is 102 cm³/mol. The van der Waals surface area contributed by atoms with Crippen molar-refractivity contribution in [1.82, 2.24) is 0 Å². The Morgan fingerprint density at radius 1 is 1.32 bits per heavy atom. The lowest BCUT2D eigenvalue weighted by Gasteiger charge is -2.58. The van der Waals surface area contributed by atoms with Gasteiger partial charge in [0.05, 0.1) is 6.10 Å². The molecule has 4 atom stereocenters. The van der Waals surface area contributed by atoms with Crippen molar-refractivity contribution >= 4 is 5.97 Å². The van der Waals surface area contributed by atoms with Crippen molar-refractivity contribution in [3.8, 4) is 0 Å². The van der Waals surface area contributed by atoms with E-state index in [0.717, 1.165) is 32.1 Å². The van der Waals surface area contributed by atoms with Gasteiger partial charge in [-0.25, -0.2) is 0 Å². The Morgan fingerprint density at radius 2 is 2.00 bits per heavy atom. The summed E-state index contributed by atoms with van der Waals surface area (Å²) in [4.78, 5) is 10.9. The number of aliphatic hydroxyl groups excluding tert-OH is 1. The van der Waals surface area contributed by atoms with Crippen LogP contribution in [0, 0.1) is 22.7 Å². The van der Waals surface area contributed by atoms with Gasteiger partial charge in [0.1, 0.15) is 6.61 Å². The van der Waals surface area contributed by atoms with Gasteiger partial charge >= 0.3 is 5.97 Å². The monoisotopic (exact) mass is 348 g/mol. The van der Waals surface area contributed by atoms with Crippen molar-refractivity contribution < 1.29 is 14.6 Å². The van der Waals surface area contributed by atoms with Gasteiger partial charge in [0.25, 0.3) is 0 Å². The summed E-state index contributed by atoms with van der Waals surface area (Å²) in [5.41, 5.74) is 3.10. The van der Waals surface area contributed by atoms with Crippen LogP contribution in [0.25, 0.3) is 0 Å². The molecule has 0 amide bonds. The first-order valence-electron chi connectivity index (χ1n) is 9.70. The third-order valence-corrected chi connectivity index (χ3v) is 6.74. The van der Waals surface area contributed by atoms with Crippen LogP contribution in [0.4, 0.5) is 0 Å². The Morgan fingerprint density at radius 3 is 2.64 bits per heavy atom. The number of fused-ring (bicyclic) bond motifs is 1. The third-order valence-electron chi connectivity index (χ3n) is 6.74. The number of carbonyl (C=O) groups is 1. The fraction of sp³-hybridized carbons (Fsp3) is 0.773. The molecule has 142 valence electrons. The summed E-state index contributed by atoms with van der Waals surface area (Å²) < 4.78 is 5.01. The highest BCUT2D eigenvalue weighted by Crippen LogP contribution is 2.60. The maximum atomic E-state index is 10.9. The smallest absolute Gasteiger partial charge is 0.302 e. The normalized spacial score (nSPS) is 34.9. The molecule has 0 heterocycles. The molecule has 0 spiro atoms. The zero-order valence-electron chi connectivity index (χ0n) is 16.9. The summed E-state index contributed by atoms with van der Waals surface area (Å²) in [6.45, 7) is 13.2. The van der Waals surface area contributed by atoms with Gasteiger partial charge in [-0.05, 0) is 74.7 Å². The average Bonchev–Trinajstić information content (AvgIpc) is 2.43. The Bertz CT molecular complexity index is 558. The van der Waals surface area contributed by atoms with Crippen LogP contribution < -0.4 is 0 Å². The van der Waals surface area contributed by atoms with Crippen LogP contribution in [0.5, 0.6) is 0 Å². The fourth-order valence-corrected chi connectivity index (χ4v) is 5.64. The van der Waals surface area contributed by atoms with Crippen LogP contribution in [-0.4, -0.2) is 23.8 Å². The number of hydrogen-bond donors (Lipinski definition) is 1. The van der Waals surface area contributed by atoms with Gasteiger partial charge in [0, 0.05) is 6.92 Å². The molecule has 0 aromatic carbocycles. The fourth-order valence-electron chi connectivity index (χ4n) is 5.64. The highest BCUT2D eigenvalue weighted by atomic mass is 16.5. The second-order valence-electron chi connectivity index (χ2n) is 9.24. The number of esters is 1.